The molecule has 202 valence electrons. The highest BCUT2D eigenvalue weighted by Crippen LogP contribution is 2.37. The third kappa shape index (κ3) is 6.38. The van der Waals surface area contributed by atoms with Gasteiger partial charge in [0.15, 0.2) is 11.5 Å². The summed E-state index contributed by atoms with van der Waals surface area (Å²) in [6.45, 7) is 3.19. The molecule has 4 rings (SSSR count). The summed E-state index contributed by atoms with van der Waals surface area (Å²) >= 11 is 0. The maximum absolute atomic E-state index is 13.6. The summed E-state index contributed by atoms with van der Waals surface area (Å²) in [5.41, 5.74) is 2.13. The number of benzene rings is 2. The third-order valence-electron chi connectivity index (χ3n) is 7.66. The molecule has 0 amide bonds. The van der Waals surface area contributed by atoms with Crippen LogP contribution in [0.4, 0.5) is 13.2 Å². The molecular weight excluding hydrogens is 485 g/mol. The average molecular weight is 521 g/mol. The van der Waals surface area contributed by atoms with E-state index in [1.807, 2.05) is 12.1 Å². The SMILES string of the molecule is COC(=O)CC[C@H]1CN(Cc2ccccc2C(F)(F)F)CC[C@H]1N1CCc2cc(OC)c(OC)cc2C1. The summed E-state index contributed by atoms with van der Waals surface area (Å²) in [5.74, 6) is 1.29. The van der Waals surface area contributed by atoms with E-state index in [1.54, 1.807) is 26.4 Å². The van der Waals surface area contributed by atoms with Gasteiger partial charge in [0.25, 0.3) is 0 Å². The van der Waals surface area contributed by atoms with Crippen LogP contribution in [0.1, 0.15) is 41.5 Å². The van der Waals surface area contributed by atoms with Crippen molar-refractivity contribution in [3.05, 3.63) is 58.7 Å². The van der Waals surface area contributed by atoms with Crippen LogP contribution in [-0.2, 0) is 35.2 Å². The van der Waals surface area contributed by atoms with Crippen LogP contribution in [0, 0.1) is 5.92 Å². The van der Waals surface area contributed by atoms with Crippen molar-refractivity contribution in [1.82, 2.24) is 9.80 Å². The Morgan fingerprint density at radius 1 is 1.03 bits per heavy atom. The lowest BCUT2D eigenvalue weighted by atomic mass is 9.85. The lowest BCUT2D eigenvalue weighted by Crippen LogP contribution is -2.52. The Morgan fingerprint density at radius 2 is 1.73 bits per heavy atom. The van der Waals surface area contributed by atoms with Crippen molar-refractivity contribution < 1.29 is 32.2 Å². The fourth-order valence-electron chi connectivity index (χ4n) is 5.77. The van der Waals surface area contributed by atoms with E-state index < -0.39 is 11.7 Å². The first kappa shape index (κ1) is 27.3. The minimum absolute atomic E-state index is 0.132. The Bertz CT molecular complexity index is 1090. The van der Waals surface area contributed by atoms with Gasteiger partial charge in [0, 0.05) is 38.6 Å². The molecule has 0 spiro atoms. The Hall–Kier alpha value is -2.78. The monoisotopic (exact) mass is 520 g/mol. The number of carbonyl (C=O) groups is 1. The lowest BCUT2D eigenvalue weighted by Gasteiger charge is -2.46. The van der Waals surface area contributed by atoms with Crippen molar-refractivity contribution in [3.63, 3.8) is 0 Å². The smallest absolute Gasteiger partial charge is 0.416 e. The van der Waals surface area contributed by atoms with Crippen molar-refractivity contribution in [2.24, 2.45) is 5.92 Å². The molecule has 0 saturated carbocycles. The van der Waals surface area contributed by atoms with Crippen LogP contribution in [0.2, 0.25) is 0 Å². The maximum Gasteiger partial charge on any atom is 0.416 e. The highest BCUT2D eigenvalue weighted by molar-refractivity contribution is 5.69. The first-order chi connectivity index (χ1) is 17.7. The fraction of sp³-hybridized carbons (Fsp3) is 0.536. The second-order valence-electron chi connectivity index (χ2n) is 9.82. The molecule has 37 heavy (non-hydrogen) atoms. The highest BCUT2D eigenvalue weighted by atomic mass is 19.4. The number of piperidine rings is 1. The molecule has 0 aliphatic carbocycles. The van der Waals surface area contributed by atoms with Gasteiger partial charge in [-0.1, -0.05) is 18.2 Å². The first-order valence-corrected chi connectivity index (χ1v) is 12.7. The van der Waals surface area contributed by atoms with Gasteiger partial charge >= 0.3 is 12.1 Å². The summed E-state index contributed by atoms with van der Waals surface area (Å²) in [7, 11) is 4.64. The molecule has 9 heteroatoms. The van der Waals surface area contributed by atoms with Crippen LogP contribution in [0.3, 0.4) is 0 Å². The molecule has 0 radical (unpaired) electrons. The Labute approximate surface area is 216 Å². The number of ether oxygens (including phenoxy) is 3. The van der Waals surface area contributed by atoms with Crippen molar-refractivity contribution in [1.29, 1.82) is 0 Å². The predicted octanol–water partition coefficient (Wildman–Crippen LogP) is 4.92. The number of carbonyl (C=O) groups excluding carboxylic acids is 1. The number of hydrogen-bond acceptors (Lipinski definition) is 6. The number of nitrogens with zero attached hydrogens (tertiary/aromatic N) is 2. The van der Waals surface area contributed by atoms with E-state index in [1.165, 1.54) is 24.3 Å². The topological polar surface area (TPSA) is 51.2 Å². The standard InChI is InChI=1S/C28H35F3N2O4/c1-35-25-14-19-10-13-33(18-22(19)15-26(25)36-2)24-11-12-32(17-21(24)8-9-27(34)37-3)16-20-6-4-5-7-23(20)28(29,30)31/h4-7,14-15,21,24H,8-13,16-18H2,1-3H3/t21-,24+/m0/s1. The van der Waals surface area contributed by atoms with E-state index >= 15 is 0 Å². The molecule has 2 aromatic rings. The summed E-state index contributed by atoms with van der Waals surface area (Å²) in [4.78, 5) is 16.5. The minimum Gasteiger partial charge on any atom is -0.493 e. The van der Waals surface area contributed by atoms with Crippen LogP contribution >= 0.6 is 0 Å². The molecule has 2 aliphatic heterocycles. The normalized spacial score (nSPS) is 20.8. The molecule has 0 N–H and O–H groups in total. The molecular formula is C28H35F3N2O4. The van der Waals surface area contributed by atoms with E-state index in [9.17, 15) is 18.0 Å². The largest absolute Gasteiger partial charge is 0.493 e. The van der Waals surface area contributed by atoms with E-state index in [4.69, 9.17) is 14.2 Å². The lowest BCUT2D eigenvalue weighted by molar-refractivity contribution is -0.141. The van der Waals surface area contributed by atoms with Crippen LogP contribution in [0.25, 0.3) is 0 Å². The van der Waals surface area contributed by atoms with Gasteiger partial charge in [-0.2, -0.15) is 13.2 Å². The van der Waals surface area contributed by atoms with Gasteiger partial charge in [-0.15, -0.1) is 0 Å². The van der Waals surface area contributed by atoms with Gasteiger partial charge in [-0.05, 0) is 66.6 Å². The molecule has 0 bridgehead atoms. The Morgan fingerprint density at radius 3 is 2.41 bits per heavy atom. The first-order valence-electron chi connectivity index (χ1n) is 12.7. The van der Waals surface area contributed by atoms with Crippen LogP contribution in [-0.4, -0.2) is 62.8 Å². The third-order valence-corrected chi connectivity index (χ3v) is 7.66. The van der Waals surface area contributed by atoms with E-state index in [2.05, 4.69) is 9.80 Å². The van der Waals surface area contributed by atoms with Gasteiger partial charge in [0.05, 0.1) is 26.9 Å². The van der Waals surface area contributed by atoms with Crippen LogP contribution in [0.5, 0.6) is 11.5 Å². The van der Waals surface area contributed by atoms with E-state index in [0.29, 0.717) is 31.7 Å². The summed E-state index contributed by atoms with van der Waals surface area (Å²) in [6.07, 6.45) is -1.77. The molecule has 6 nitrogen and oxygen atoms in total. The number of halogens is 3. The number of esters is 1. The highest BCUT2D eigenvalue weighted by Gasteiger charge is 2.37. The summed E-state index contributed by atoms with van der Waals surface area (Å²) < 4.78 is 56.5. The molecule has 2 atom stereocenters. The van der Waals surface area contributed by atoms with Gasteiger partial charge < -0.3 is 14.2 Å². The predicted molar refractivity (Wildman–Crippen MR) is 134 cm³/mol. The quantitative estimate of drug-likeness (QED) is 0.461. The van der Waals surface area contributed by atoms with E-state index in [0.717, 1.165) is 37.7 Å². The number of likely N-dealkylation sites (tertiary alicyclic amines) is 1. The number of methoxy groups -OCH3 is 3. The molecule has 1 fully saturated rings. The van der Waals surface area contributed by atoms with Crippen molar-refractivity contribution in [2.45, 2.75) is 51.0 Å². The Balaban J connectivity index is 1.51. The molecule has 0 unspecified atom stereocenters. The molecule has 2 heterocycles. The Kier molecular flexibility index (Phi) is 8.64. The number of alkyl halides is 3. The van der Waals surface area contributed by atoms with E-state index in [-0.39, 0.29) is 30.0 Å². The zero-order valence-electron chi connectivity index (χ0n) is 21.6. The second kappa shape index (κ2) is 11.7. The molecule has 1 saturated heterocycles. The number of rotatable bonds is 8. The van der Waals surface area contributed by atoms with Crippen molar-refractivity contribution in [3.8, 4) is 11.5 Å². The van der Waals surface area contributed by atoms with Gasteiger partial charge in [0.1, 0.15) is 0 Å². The van der Waals surface area contributed by atoms with Gasteiger partial charge in [-0.3, -0.25) is 14.6 Å². The summed E-state index contributed by atoms with van der Waals surface area (Å²) in [6, 6.07) is 10.1. The van der Waals surface area contributed by atoms with Crippen LogP contribution < -0.4 is 9.47 Å². The zero-order chi connectivity index (χ0) is 26.6. The van der Waals surface area contributed by atoms with Gasteiger partial charge in [0.2, 0.25) is 0 Å². The fourth-order valence-corrected chi connectivity index (χ4v) is 5.77. The number of fused-ring (bicyclic) bond motifs is 1. The number of hydrogen-bond donors (Lipinski definition) is 0. The second-order valence-corrected chi connectivity index (χ2v) is 9.82. The van der Waals surface area contributed by atoms with Crippen LogP contribution in [0.15, 0.2) is 36.4 Å². The van der Waals surface area contributed by atoms with Crippen molar-refractivity contribution >= 4 is 5.97 Å². The van der Waals surface area contributed by atoms with Crippen molar-refractivity contribution in [2.75, 3.05) is 41.0 Å². The van der Waals surface area contributed by atoms with Gasteiger partial charge in [-0.25, -0.2) is 0 Å². The maximum atomic E-state index is 13.6. The average Bonchev–Trinajstić information content (AvgIpc) is 2.90. The zero-order valence-corrected chi connectivity index (χ0v) is 21.6. The minimum atomic E-state index is -4.38. The summed E-state index contributed by atoms with van der Waals surface area (Å²) in [5, 5.41) is 0. The molecule has 2 aliphatic rings. The molecule has 2 aromatic carbocycles. The molecule has 0 aromatic heterocycles.